The number of carbonyl (C=O) groups excluding carboxylic acids is 1. The second-order valence-corrected chi connectivity index (χ2v) is 5.35. The molecular formula is C14H16BrN3O2. The van der Waals surface area contributed by atoms with Crippen molar-refractivity contribution in [2.75, 3.05) is 6.61 Å². The van der Waals surface area contributed by atoms with Gasteiger partial charge in [0.2, 0.25) is 0 Å². The van der Waals surface area contributed by atoms with E-state index in [4.69, 9.17) is 4.74 Å². The van der Waals surface area contributed by atoms with Gasteiger partial charge < -0.3 is 10.1 Å². The highest BCUT2D eigenvalue weighted by Gasteiger charge is 2.08. The van der Waals surface area contributed by atoms with Gasteiger partial charge in [-0.25, -0.2) is 0 Å². The van der Waals surface area contributed by atoms with Gasteiger partial charge in [-0.1, -0.05) is 15.9 Å². The van der Waals surface area contributed by atoms with Crippen molar-refractivity contribution in [1.82, 2.24) is 15.1 Å². The third kappa shape index (κ3) is 4.70. The second-order valence-electron chi connectivity index (χ2n) is 4.44. The molecule has 0 spiro atoms. The molecule has 1 amide bonds. The Kier molecular flexibility index (Phi) is 5.17. The van der Waals surface area contributed by atoms with E-state index in [1.54, 1.807) is 10.9 Å². The maximum absolute atomic E-state index is 11.7. The molecule has 2 rings (SSSR count). The average molecular weight is 338 g/mol. The fourth-order valence-corrected chi connectivity index (χ4v) is 2.00. The lowest BCUT2D eigenvalue weighted by atomic mass is 10.3. The summed E-state index contributed by atoms with van der Waals surface area (Å²) in [6, 6.07) is 9.21. The highest BCUT2D eigenvalue weighted by molar-refractivity contribution is 9.10. The number of rotatable bonds is 6. The summed E-state index contributed by atoms with van der Waals surface area (Å²) in [6.45, 7) is 2.57. The zero-order chi connectivity index (χ0) is 14.4. The molecule has 20 heavy (non-hydrogen) atoms. The summed E-state index contributed by atoms with van der Waals surface area (Å²) in [5, 5.41) is 6.96. The monoisotopic (exact) mass is 337 g/mol. The van der Waals surface area contributed by atoms with E-state index in [0.717, 1.165) is 4.47 Å². The summed E-state index contributed by atoms with van der Waals surface area (Å²) in [7, 11) is 0. The van der Waals surface area contributed by atoms with Gasteiger partial charge in [-0.15, -0.1) is 0 Å². The Morgan fingerprint density at radius 2 is 2.20 bits per heavy atom. The van der Waals surface area contributed by atoms with Crippen molar-refractivity contribution in [3.05, 3.63) is 47.2 Å². The van der Waals surface area contributed by atoms with Gasteiger partial charge in [-0.3, -0.25) is 9.48 Å². The number of benzene rings is 1. The number of ether oxygens (including phenoxy) is 1. The Balaban J connectivity index is 1.73. The van der Waals surface area contributed by atoms with Crippen molar-refractivity contribution in [2.24, 2.45) is 0 Å². The zero-order valence-corrected chi connectivity index (χ0v) is 12.7. The van der Waals surface area contributed by atoms with Crippen LogP contribution in [-0.2, 0) is 11.3 Å². The predicted octanol–water partition coefficient (Wildman–Crippen LogP) is 2.23. The standard InChI is InChI=1S/C14H16BrN3O2/c1-11(9-18-8-2-7-16-18)17-14(19)10-20-13-5-3-12(15)4-6-13/h2-8,11H,9-10H2,1H3,(H,17,19)/t11-/m0/s1. The lowest BCUT2D eigenvalue weighted by molar-refractivity contribution is -0.123. The Bertz CT molecular complexity index is 540. The van der Waals surface area contributed by atoms with E-state index in [9.17, 15) is 4.79 Å². The molecule has 0 saturated carbocycles. The first kappa shape index (κ1) is 14.6. The molecule has 0 bridgehead atoms. The van der Waals surface area contributed by atoms with E-state index >= 15 is 0 Å². The van der Waals surface area contributed by atoms with Crippen LogP contribution in [0.1, 0.15) is 6.92 Å². The number of carbonyl (C=O) groups is 1. The SMILES string of the molecule is C[C@@H](Cn1cccn1)NC(=O)COc1ccc(Br)cc1. The van der Waals surface area contributed by atoms with Gasteiger partial charge in [0.05, 0.1) is 6.54 Å². The molecule has 6 heteroatoms. The van der Waals surface area contributed by atoms with Crippen molar-refractivity contribution >= 4 is 21.8 Å². The highest BCUT2D eigenvalue weighted by atomic mass is 79.9. The quantitative estimate of drug-likeness (QED) is 0.879. The number of aromatic nitrogens is 2. The first-order valence-electron chi connectivity index (χ1n) is 6.28. The zero-order valence-electron chi connectivity index (χ0n) is 11.1. The Hall–Kier alpha value is -1.82. The van der Waals surface area contributed by atoms with Crippen LogP contribution >= 0.6 is 15.9 Å². The molecule has 0 unspecified atom stereocenters. The van der Waals surface area contributed by atoms with Crippen LogP contribution in [0.15, 0.2) is 47.2 Å². The summed E-state index contributed by atoms with van der Waals surface area (Å²) < 4.78 is 8.16. The molecular weight excluding hydrogens is 322 g/mol. The van der Waals surface area contributed by atoms with E-state index in [2.05, 4.69) is 26.3 Å². The molecule has 0 radical (unpaired) electrons. The fraction of sp³-hybridized carbons (Fsp3) is 0.286. The van der Waals surface area contributed by atoms with Gasteiger partial charge in [0.25, 0.3) is 5.91 Å². The van der Waals surface area contributed by atoms with Crippen LogP contribution in [0.5, 0.6) is 5.75 Å². The molecule has 5 nitrogen and oxygen atoms in total. The van der Waals surface area contributed by atoms with Gasteiger partial charge >= 0.3 is 0 Å². The highest BCUT2D eigenvalue weighted by Crippen LogP contribution is 2.15. The molecule has 0 fully saturated rings. The number of hydrogen-bond donors (Lipinski definition) is 1. The van der Waals surface area contributed by atoms with Crippen LogP contribution in [0.25, 0.3) is 0 Å². The summed E-state index contributed by atoms with van der Waals surface area (Å²) >= 11 is 3.34. The lowest BCUT2D eigenvalue weighted by Crippen LogP contribution is -2.38. The fourth-order valence-electron chi connectivity index (χ4n) is 1.73. The topological polar surface area (TPSA) is 56.2 Å². The van der Waals surface area contributed by atoms with E-state index < -0.39 is 0 Å². The van der Waals surface area contributed by atoms with Crippen molar-refractivity contribution in [2.45, 2.75) is 19.5 Å². The maximum Gasteiger partial charge on any atom is 0.258 e. The van der Waals surface area contributed by atoms with Gasteiger partial charge in [-0.05, 0) is 37.3 Å². The number of nitrogens with one attached hydrogen (secondary N) is 1. The minimum Gasteiger partial charge on any atom is -0.484 e. The molecule has 0 aliphatic heterocycles. The van der Waals surface area contributed by atoms with Gasteiger partial charge in [0.15, 0.2) is 6.61 Å². The van der Waals surface area contributed by atoms with Crippen LogP contribution in [0.2, 0.25) is 0 Å². The van der Waals surface area contributed by atoms with E-state index in [0.29, 0.717) is 12.3 Å². The van der Waals surface area contributed by atoms with E-state index in [1.807, 2.05) is 43.5 Å². The smallest absolute Gasteiger partial charge is 0.258 e. The third-order valence-corrected chi connectivity index (χ3v) is 3.14. The number of halogens is 1. The molecule has 1 aromatic heterocycles. The van der Waals surface area contributed by atoms with E-state index in [1.165, 1.54) is 0 Å². The van der Waals surface area contributed by atoms with Crippen LogP contribution in [0.3, 0.4) is 0 Å². The Morgan fingerprint density at radius 1 is 1.45 bits per heavy atom. The maximum atomic E-state index is 11.7. The van der Waals surface area contributed by atoms with Gasteiger partial charge in [0.1, 0.15) is 5.75 Å². The molecule has 1 N–H and O–H groups in total. The second kappa shape index (κ2) is 7.09. The van der Waals surface area contributed by atoms with Crippen LogP contribution < -0.4 is 10.1 Å². The molecule has 1 atom stereocenters. The summed E-state index contributed by atoms with van der Waals surface area (Å²) in [5.41, 5.74) is 0. The van der Waals surface area contributed by atoms with Crippen molar-refractivity contribution in [3.8, 4) is 5.75 Å². The minimum atomic E-state index is -0.146. The summed E-state index contributed by atoms with van der Waals surface area (Å²) in [6.07, 6.45) is 3.58. The molecule has 106 valence electrons. The van der Waals surface area contributed by atoms with Gasteiger partial charge in [-0.2, -0.15) is 5.10 Å². The summed E-state index contributed by atoms with van der Waals surface area (Å²) in [5.74, 6) is 0.524. The number of nitrogens with zero attached hydrogens (tertiary/aromatic N) is 2. The number of hydrogen-bond acceptors (Lipinski definition) is 3. The van der Waals surface area contributed by atoms with Crippen LogP contribution in [-0.4, -0.2) is 28.3 Å². The number of amides is 1. The lowest BCUT2D eigenvalue weighted by Gasteiger charge is -2.14. The third-order valence-electron chi connectivity index (χ3n) is 2.61. The average Bonchev–Trinajstić information content (AvgIpc) is 2.90. The molecule has 1 aromatic carbocycles. The first-order valence-corrected chi connectivity index (χ1v) is 7.08. The predicted molar refractivity (Wildman–Crippen MR) is 79.5 cm³/mol. The molecule has 2 aromatic rings. The Labute approximate surface area is 126 Å². The molecule has 1 heterocycles. The minimum absolute atomic E-state index is 0.00378. The van der Waals surface area contributed by atoms with Crippen LogP contribution in [0.4, 0.5) is 0 Å². The molecule has 0 aliphatic rings. The first-order chi connectivity index (χ1) is 9.63. The van der Waals surface area contributed by atoms with E-state index in [-0.39, 0.29) is 18.6 Å². The largest absolute Gasteiger partial charge is 0.484 e. The van der Waals surface area contributed by atoms with Crippen molar-refractivity contribution < 1.29 is 9.53 Å². The molecule has 0 aliphatic carbocycles. The Morgan fingerprint density at radius 3 is 2.85 bits per heavy atom. The van der Waals surface area contributed by atoms with Gasteiger partial charge in [0, 0.05) is 22.9 Å². The normalized spacial score (nSPS) is 11.9. The van der Waals surface area contributed by atoms with Crippen molar-refractivity contribution in [1.29, 1.82) is 0 Å². The molecule has 0 saturated heterocycles. The summed E-state index contributed by atoms with van der Waals surface area (Å²) in [4.78, 5) is 11.7. The van der Waals surface area contributed by atoms with Crippen LogP contribution in [0, 0.1) is 0 Å². The van der Waals surface area contributed by atoms with Crippen molar-refractivity contribution in [3.63, 3.8) is 0 Å².